The number of hydrogen-bond acceptors (Lipinski definition) is 6. The summed E-state index contributed by atoms with van der Waals surface area (Å²) in [4.78, 5) is 37.6. The first-order valence-electron chi connectivity index (χ1n) is 22.8. The average molecular weight is 737 g/mol. The van der Waals surface area contributed by atoms with E-state index in [4.69, 9.17) is 14.2 Å². The zero-order valence-corrected chi connectivity index (χ0v) is 35.4. The third-order valence-electron chi connectivity index (χ3n) is 10.6. The molecule has 6 nitrogen and oxygen atoms in total. The molecule has 0 bridgehead atoms. The van der Waals surface area contributed by atoms with E-state index in [9.17, 15) is 14.4 Å². The molecule has 0 aromatic heterocycles. The van der Waals surface area contributed by atoms with E-state index in [0.29, 0.717) is 19.3 Å². The van der Waals surface area contributed by atoms with E-state index < -0.39 is 6.10 Å². The Labute approximate surface area is 323 Å². The lowest BCUT2D eigenvalue weighted by atomic mass is 10.00. The topological polar surface area (TPSA) is 78.9 Å². The molecule has 6 heteroatoms. The highest BCUT2D eigenvalue weighted by Crippen LogP contribution is 2.17. The highest BCUT2D eigenvalue weighted by atomic mass is 16.6. The molecule has 1 unspecified atom stereocenters. The minimum Gasteiger partial charge on any atom is -0.462 e. The normalized spacial score (nSPS) is 12.6. The van der Waals surface area contributed by atoms with E-state index in [2.05, 4.69) is 34.6 Å². The number of hydrogen-bond donors (Lipinski definition) is 0. The van der Waals surface area contributed by atoms with Gasteiger partial charge in [-0.1, -0.05) is 208 Å². The van der Waals surface area contributed by atoms with Gasteiger partial charge in [-0.05, 0) is 31.1 Å². The molecule has 0 amide bonds. The molecule has 52 heavy (non-hydrogen) atoms. The molecule has 2 atom stereocenters. The van der Waals surface area contributed by atoms with Crippen molar-refractivity contribution in [2.24, 2.45) is 11.8 Å². The second kappa shape index (κ2) is 39.1. The third-order valence-corrected chi connectivity index (χ3v) is 10.6. The van der Waals surface area contributed by atoms with Crippen molar-refractivity contribution in [2.45, 2.75) is 253 Å². The molecule has 0 rings (SSSR count). The molecule has 0 aromatic rings. The van der Waals surface area contributed by atoms with Gasteiger partial charge in [-0.3, -0.25) is 14.4 Å². The van der Waals surface area contributed by atoms with E-state index in [1.807, 2.05) is 0 Å². The minimum atomic E-state index is -0.760. The Bertz CT molecular complexity index is 796. The van der Waals surface area contributed by atoms with Crippen LogP contribution in [0, 0.1) is 11.8 Å². The van der Waals surface area contributed by atoms with E-state index in [1.165, 1.54) is 135 Å². The van der Waals surface area contributed by atoms with Crippen molar-refractivity contribution in [3.8, 4) is 0 Å². The van der Waals surface area contributed by atoms with Crippen LogP contribution in [0.25, 0.3) is 0 Å². The summed E-state index contributed by atoms with van der Waals surface area (Å²) in [6, 6.07) is 0. The molecule has 0 heterocycles. The minimum absolute atomic E-state index is 0.0656. The maximum Gasteiger partial charge on any atom is 0.306 e. The van der Waals surface area contributed by atoms with Crippen LogP contribution in [0.4, 0.5) is 0 Å². The number of carbonyl (C=O) groups excluding carboxylic acids is 3. The number of ether oxygens (including phenoxy) is 3. The number of rotatable bonds is 40. The van der Waals surface area contributed by atoms with Crippen molar-refractivity contribution in [1.29, 1.82) is 0 Å². The Balaban J connectivity index is 4.32. The predicted molar refractivity (Wildman–Crippen MR) is 220 cm³/mol. The van der Waals surface area contributed by atoms with Crippen molar-refractivity contribution in [2.75, 3.05) is 13.2 Å². The summed E-state index contributed by atoms with van der Waals surface area (Å²) in [7, 11) is 0. The van der Waals surface area contributed by atoms with E-state index >= 15 is 0 Å². The highest BCUT2D eigenvalue weighted by molar-refractivity contribution is 5.71. The van der Waals surface area contributed by atoms with Crippen LogP contribution in [0.3, 0.4) is 0 Å². The second-order valence-corrected chi connectivity index (χ2v) is 16.4. The van der Waals surface area contributed by atoms with Gasteiger partial charge < -0.3 is 14.2 Å². The van der Waals surface area contributed by atoms with Gasteiger partial charge in [0.05, 0.1) is 0 Å². The summed E-state index contributed by atoms with van der Waals surface area (Å²) in [5, 5.41) is 0. The van der Waals surface area contributed by atoms with Crippen LogP contribution >= 0.6 is 0 Å². The summed E-state index contributed by atoms with van der Waals surface area (Å²) in [6.07, 6.45) is 36.6. The van der Waals surface area contributed by atoms with E-state index in [-0.39, 0.29) is 31.1 Å². The predicted octanol–water partition coefficient (Wildman–Crippen LogP) is 14.2. The van der Waals surface area contributed by atoms with Crippen LogP contribution in [0.2, 0.25) is 0 Å². The van der Waals surface area contributed by atoms with Crippen LogP contribution in [-0.4, -0.2) is 37.2 Å². The first-order chi connectivity index (χ1) is 25.3. The Morgan fingerprint density at radius 1 is 0.404 bits per heavy atom. The van der Waals surface area contributed by atoms with Crippen LogP contribution in [0.5, 0.6) is 0 Å². The van der Waals surface area contributed by atoms with Gasteiger partial charge >= 0.3 is 17.9 Å². The quantitative estimate of drug-likeness (QED) is 0.0354. The fraction of sp³-hybridized carbons (Fsp3) is 0.935. The lowest BCUT2D eigenvalue weighted by molar-refractivity contribution is -0.167. The summed E-state index contributed by atoms with van der Waals surface area (Å²) in [6.45, 7) is 11.3. The SMILES string of the molecule is CCCCCCCCCCCC(=O)OC[C@H](COC(=O)CCCCCCCCC(C)CC)OC(=O)CCCCCCCCCCCCCCC(C)C. The molecular formula is C46H88O6. The number of carbonyl (C=O) groups is 3. The number of esters is 3. The standard InChI is InChI=1S/C46H88O6/c1-6-8-9-10-11-16-20-26-31-36-44(47)50-39-43(40-51-45(48)37-32-27-23-22-25-30-35-42(5)7-2)52-46(49)38-33-28-21-18-15-13-12-14-17-19-24-29-34-41(3)4/h41-43H,6-40H2,1-5H3/t42?,43-/m1/s1. The van der Waals surface area contributed by atoms with Crippen molar-refractivity contribution in [1.82, 2.24) is 0 Å². The molecule has 0 radical (unpaired) electrons. The first-order valence-corrected chi connectivity index (χ1v) is 22.8. The maximum absolute atomic E-state index is 12.7. The summed E-state index contributed by atoms with van der Waals surface area (Å²) < 4.78 is 16.7. The molecule has 0 spiro atoms. The Kier molecular flexibility index (Phi) is 37.9. The second-order valence-electron chi connectivity index (χ2n) is 16.4. The van der Waals surface area contributed by atoms with Gasteiger partial charge in [0.2, 0.25) is 0 Å². The summed E-state index contributed by atoms with van der Waals surface area (Å²) >= 11 is 0. The van der Waals surface area contributed by atoms with Gasteiger partial charge in [-0.2, -0.15) is 0 Å². The van der Waals surface area contributed by atoms with Gasteiger partial charge in [-0.25, -0.2) is 0 Å². The molecule has 0 aliphatic heterocycles. The smallest absolute Gasteiger partial charge is 0.306 e. The molecule has 0 fully saturated rings. The van der Waals surface area contributed by atoms with Crippen molar-refractivity contribution in [3.05, 3.63) is 0 Å². The van der Waals surface area contributed by atoms with Crippen LogP contribution in [0.15, 0.2) is 0 Å². The lowest BCUT2D eigenvalue weighted by Gasteiger charge is -2.18. The number of unbranched alkanes of at least 4 members (excludes halogenated alkanes) is 24. The fourth-order valence-corrected chi connectivity index (χ4v) is 6.72. The van der Waals surface area contributed by atoms with Gasteiger partial charge in [0.1, 0.15) is 13.2 Å². The van der Waals surface area contributed by atoms with Crippen molar-refractivity contribution >= 4 is 17.9 Å². The molecule has 0 aliphatic carbocycles. The Morgan fingerprint density at radius 2 is 0.731 bits per heavy atom. The molecule has 0 saturated carbocycles. The van der Waals surface area contributed by atoms with Gasteiger partial charge in [-0.15, -0.1) is 0 Å². The van der Waals surface area contributed by atoms with Crippen LogP contribution in [0.1, 0.15) is 247 Å². The fourth-order valence-electron chi connectivity index (χ4n) is 6.72. The largest absolute Gasteiger partial charge is 0.462 e. The summed E-state index contributed by atoms with van der Waals surface area (Å²) in [5.74, 6) is 0.784. The van der Waals surface area contributed by atoms with Crippen LogP contribution in [-0.2, 0) is 28.6 Å². The Hall–Kier alpha value is -1.59. The van der Waals surface area contributed by atoms with Gasteiger partial charge in [0.25, 0.3) is 0 Å². The summed E-state index contributed by atoms with van der Waals surface area (Å²) in [5.41, 5.74) is 0. The third kappa shape index (κ3) is 38.1. The van der Waals surface area contributed by atoms with Crippen LogP contribution < -0.4 is 0 Å². The Morgan fingerprint density at radius 3 is 1.10 bits per heavy atom. The zero-order chi connectivity index (χ0) is 38.3. The molecular weight excluding hydrogens is 649 g/mol. The van der Waals surface area contributed by atoms with E-state index in [0.717, 1.165) is 69.6 Å². The highest BCUT2D eigenvalue weighted by Gasteiger charge is 2.19. The monoisotopic (exact) mass is 737 g/mol. The molecule has 0 N–H and O–H groups in total. The van der Waals surface area contributed by atoms with Gasteiger partial charge in [0.15, 0.2) is 6.10 Å². The molecule has 0 saturated heterocycles. The molecule has 0 aliphatic rings. The average Bonchev–Trinajstić information content (AvgIpc) is 3.12. The molecule has 0 aromatic carbocycles. The lowest BCUT2D eigenvalue weighted by Crippen LogP contribution is -2.30. The van der Waals surface area contributed by atoms with Crippen molar-refractivity contribution in [3.63, 3.8) is 0 Å². The van der Waals surface area contributed by atoms with E-state index in [1.54, 1.807) is 0 Å². The zero-order valence-electron chi connectivity index (χ0n) is 35.4. The molecule has 308 valence electrons. The van der Waals surface area contributed by atoms with Crippen molar-refractivity contribution < 1.29 is 28.6 Å². The van der Waals surface area contributed by atoms with Gasteiger partial charge in [0, 0.05) is 19.3 Å². The maximum atomic E-state index is 12.7. The first kappa shape index (κ1) is 50.4.